The molecule has 2 aromatic heterocycles. The molecule has 0 aliphatic carbocycles. The van der Waals surface area contributed by atoms with Crippen molar-refractivity contribution in [2.24, 2.45) is 0 Å². The monoisotopic (exact) mass is 775 g/mol. The van der Waals surface area contributed by atoms with Crippen molar-refractivity contribution >= 4 is 63.5 Å². The number of ether oxygens (including phenoxy) is 1. The van der Waals surface area contributed by atoms with Crippen LogP contribution in [0.1, 0.15) is 43.3 Å². The standard InChI is InChI=1S/C22H18N4.C18H21NO.BHIP/c1-13-4-3-5-17(10-13)22-25-19-9-7-16(12-21(19)26-22)15-6-8-18-20(11-15)24-14(2)23-18;1-18(2,3)15-9-10-17-14(11-15)12-19(13-20-17)16-7-5-4-6-8-16;1-3-2/h3-12H,1-2H3,(H,23,24)(H,25,26);4-11H,12-13H2,1-3H3;3H. The Kier molecular flexibility index (Phi) is 10.8. The van der Waals surface area contributed by atoms with Crippen molar-refractivity contribution in [3.8, 4) is 28.3 Å². The van der Waals surface area contributed by atoms with Gasteiger partial charge in [-0.05, 0) is 90.6 Å². The van der Waals surface area contributed by atoms with E-state index in [2.05, 4.69) is 173 Å². The molecule has 2 N–H and O–H groups in total. The van der Waals surface area contributed by atoms with E-state index in [4.69, 9.17) is 17.3 Å². The molecule has 0 fully saturated rings. The Balaban J connectivity index is 0.000000162. The number of imidazole rings is 2. The number of aromatic amines is 2. The molecule has 1 aliphatic heterocycles. The average Bonchev–Trinajstić information content (AvgIpc) is 3.70. The maximum absolute atomic E-state index is 5.88. The van der Waals surface area contributed by atoms with Crippen molar-refractivity contribution in [3.05, 3.63) is 132 Å². The van der Waals surface area contributed by atoms with E-state index in [1.54, 1.807) is 0 Å². The Hall–Kier alpha value is -4.14. The first-order chi connectivity index (χ1) is 23.6. The van der Waals surface area contributed by atoms with Gasteiger partial charge in [0.1, 0.15) is 25.0 Å². The molecule has 0 saturated carbocycles. The number of aromatic nitrogens is 4. The molecule has 0 spiro atoms. The summed E-state index contributed by atoms with van der Waals surface area (Å²) in [5, 5.41) is 0. The number of nitrogens with one attached hydrogen (secondary N) is 2. The van der Waals surface area contributed by atoms with Gasteiger partial charge in [-0.1, -0.05) is 103 Å². The second-order valence-corrected chi connectivity index (χ2v) is 15.3. The largest absolute Gasteiger partial charge is 0.473 e. The van der Waals surface area contributed by atoms with Crippen LogP contribution >= 0.6 is 28.1 Å². The summed E-state index contributed by atoms with van der Waals surface area (Å²) >= 11 is 2.09. The maximum Gasteiger partial charge on any atom is 0.161 e. The lowest BCUT2D eigenvalue weighted by Crippen LogP contribution is -2.32. The Morgan fingerprint density at radius 1 is 0.755 bits per heavy atom. The van der Waals surface area contributed by atoms with E-state index in [1.807, 2.05) is 13.0 Å². The van der Waals surface area contributed by atoms with Gasteiger partial charge in [-0.2, -0.15) is 0 Å². The van der Waals surface area contributed by atoms with E-state index in [0.717, 1.165) is 62.7 Å². The summed E-state index contributed by atoms with van der Waals surface area (Å²) in [6.45, 7) is 12.3. The lowest BCUT2D eigenvalue weighted by molar-refractivity contribution is 0.289. The van der Waals surface area contributed by atoms with Gasteiger partial charge in [-0.3, -0.25) is 0 Å². The Bertz CT molecular complexity index is 2190. The van der Waals surface area contributed by atoms with Crippen LogP contribution in [0.3, 0.4) is 0 Å². The Morgan fingerprint density at radius 2 is 1.43 bits per heavy atom. The van der Waals surface area contributed by atoms with Gasteiger partial charge >= 0.3 is 0 Å². The summed E-state index contributed by atoms with van der Waals surface area (Å²) in [6, 6.07) is 38.0. The molecule has 0 saturated heterocycles. The highest BCUT2D eigenvalue weighted by molar-refractivity contribution is 14.2. The number of rotatable bonds is 3. The SMILES string of the molecule is CC(C)(C)c1ccc2c(c1)CN(c1ccccc1)CO2.Cc1cccc(-c2nc3ccc(-c4ccc5nc(C)[nH]c5c4)cc3[nH]2)c1.[B]PI. The zero-order valence-corrected chi connectivity index (χ0v) is 31.7. The minimum absolute atomic E-state index is 0.171. The van der Waals surface area contributed by atoms with Gasteiger partial charge in [0.2, 0.25) is 0 Å². The molecule has 8 rings (SSSR count). The number of anilines is 1. The summed E-state index contributed by atoms with van der Waals surface area (Å²) in [4.78, 5) is 18.2. The summed E-state index contributed by atoms with van der Waals surface area (Å²) in [7, 11) is 4.86. The molecule has 1 unspecified atom stereocenters. The quantitative estimate of drug-likeness (QED) is 0.107. The van der Waals surface area contributed by atoms with Crippen molar-refractivity contribution < 1.29 is 4.74 Å². The maximum atomic E-state index is 5.88. The van der Waals surface area contributed by atoms with Crippen LogP contribution in [0.15, 0.2) is 109 Å². The predicted octanol–water partition coefficient (Wildman–Crippen LogP) is 10.8. The molecule has 49 heavy (non-hydrogen) atoms. The van der Waals surface area contributed by atoms with E-state index < -0.39 is 0 Å². The zero-order valence-electron chi connectivity index (χ0n) is 28.5. The molecule has 5 aromatic carbocycles. The predicted molar refractivity (Wildman–Crippen MR) is 217 cm³/mol. The van der Waals surface area contributed by atoms with Crippen LogP contribution in [0, 0.1) is 13.8 Å². The number of hydrogen-bond acceptors (Lipinski definition) is 4. The molecular weight excluding hydrogens is 735 g/mol. The second-order valence-electron chi connectivity index (χ2n) is 13.2. The number of H-pyrrole nitrogens is 2. The van der Waals surface area contributed by atoms with Gasteiger partial charge in [0, 0.05) is 23.4 Å². The number of aryl methyl sites for hydroxylation is 2. The fraction of sp³-hybridized carbons (Fsp3) is 0.200. The molecule has 2 radical (unpaired) electrons. The van der Waals surface area contributed by atoms with Gasteiger partial charge in [-0.25, -0.2) is 9.97 Å². The third kappa shape index (κ3) is 8.37. The van der Waals surface area contributed by atoms with Crippen LogP contribution in [-0.2, 0) is 12.0 Å². The van der Waals surface area contributed by atoms with Crippen molar-refractivity contribution in [2.45, 2.75) is 46.6 Å². The highest BCUT2D eigenvalue weighted by atomic mass is 127. The minimum atomic E-state index is 0.171. The highest BCUT2D eigenvalue weighted by Crippen LogP contribution is 2.33. The summed E-state index contributed by atoms with van der Waals surface area (Å²) in [5.41, 5.74) is 12.7. The minimum Gasteiger partial charge on any atom is -0.473 e. The number of hydrogen-bond donors (Lipinski definition) is 2. The van der Waals surface area contributed by atoms with Crippen LogP contribution in [0.4, 0.5) is 5.69 Å². The normalized spacial score (nSPS) is 12.7. The van der Waals surface area contributed by atoms with Crippen molar-refractivity contribution in [1.82, 2.24) is 19.9 Å². The van der Waals surface area contributed by atoms with Crippen LogP contribution in [0.2, 0.25) is 0 Å². The first-order valence-corrected chi connectivity index (χ1v) is 20.5. The van der Waals surface area contributed by atoms with E-state index in [9.17, 15) is 0 Å². The molecule has 0 amide bonds. The zero-order chi connectivity index (χ0) is 34.5. The number of fused-ring (bicyclic) bond motifs is 3. The van der Waals surface area contributed by atoms with Gasteiger partial charge in [0.05, 0.1) is 22.1 Å². The average molecular weight is 775 g/mol. The molecule has 3 heterocycles. The topological polar surface area (TPSA) is 69.8 Å². The number of para-hydroxylation sites is 1. The fourth-order valence-corrected chi connectivity index (χ4v) is 5.95. The smallest absolute Gasteiger partial charge is 0.161 e. The Labute approximate surface area is 304 Å². The number of nitrogens with zero attached hydrogens (tertiary/aromatic N) is 3. The van der Waals surface area contributed by atoms with Gasteiger partial charge in [-0.15, -0.1) is 6.10 Å². The molecule has 246 valence electrons. The van der Waals surface area contributed by atoms with Crippen LogP contribution in [0.5, 0.6) is 5.75 Å². The van der Waals surface area contributed by atoms with E-state index in [-0.39, 0.29) is 5.41 Å². The fourth-order valence-electron chi connectivity index (χ4n) is 5.95. The summed E-state index contributed by atoms with van der Waals surface area (Å²) in [5.74, 6) is 2.86. The Morgan fingerprint density at radius 3 is 2.10 bits per heavy atom. The van der Waals surface area contributed by atoms with Gasteiger partial charge in [0.15, 0.2) is 6.73 Å². The van der Waals surface area contributed by atoms with Crippen LogP contribution in [0.25, 0.3) is 44.6 Å². The lowest BCUT2D eigenvalue weighted by atomic mass is 9.86. The first-order valence-electron chi connectivity index (χ1n) is 16.3. The molecule has 6 nitrogen and oxygen atoms in total. The molecule has 9 heteroatoms. The van der Waals surface area contributed by atoms with Crippen LogP contribution < -0.4 is 9.64 Å². The third-order valence-corrected chi connectivity index (χ3v) is 8.49. The molecule has 0 bridgehead atoms. The highest BCUT2D eigenvalue weighted by Gasteiger charge is 2.21. The summed E-state index contributed by atoms with van der Waals surface area (Å²) < 4.78 is 5.88. The van der Waals surface area contributed by atoms with Gasteiger partial charge in [0.25, 0.3) is 0 Å². The van der Waals surface area contributed by atoms with E-state index in [0.29, 0.717) is 12.8 Å². The molecular formula is C40H40BIN5OP. The third-order valence-electron chi connectivity index (χ3n) is 8.49. The number of benzene rings is 5. The first kappa shape index (κ1) is 34.7. The second kappa shape index (κ2) is 15.2. The number of halogens is 1. The van der Waals surface area contributed by atoms with Crippen molar-refractivity contribution in [3.63, 3.8) is 0 Å². The molecule has 1 atom stereocenters. The molecule has 7 aromatic rings. The summed E-state index contributed by atoms with van der Waals surface area (Å²) in [6.07, 6.45) is 0.553. The van der Waals surface area contributed by atoms with E-state index >= 15 is 0 Å². The van der Waals surface area contributed by atoms with Gasteiger partial charge < -0.3 is 19.6 Å². The van der Waals surface area contributed by atoms with E-state index in [1.165, 1.54) is 22.4 Å². The van der Waals surface area contributed by atoms with Crippen molar-refractivity contribution in [2.75, 3.05) is 11.6 Å². The van der Waals surface area contributed by atoms with Crippen molar-refractivity contribution in [1.29, 1.82) is 0 Å². The van der Waals surface area contributed by atoms with Crippen LogP contribution in [-0.4, -0.2) is 34.2 Å². The lowest BCUT2D eigenvalue weighted by Gasteiger charge is -2.32. The molecule has 1 aliphatic rings.